The number of H-pyrrole nitrogens is 1. The molecule has 0 unspecified atom stereocenters. The lowest BCUT2D eigenvalue weighted by atomic mass is 9.89. The molecule has 0 fully saturated rings. The number of benzene rings is 2. The van der Waals surface area contributed by atoms with Crippen molar-refractivity contribution >= 4 is 42.5 Å². The van der Waals surface area contributed by atoms with Crippen LogP contribution in [-0.2, 0) is 18.9 Å². The number of halogens is 7. The van der Waals surface area contributed by atoms with Crippen LogP contribution in [0.25, 0.3) is 0 Å². The van der Waals surface area contributed by atoms with E-state index in [0.29, 0.717) is 5.56 Å². The molecule has 13 heteroatoms. The lowest BCUT2D eigenvalue weighted by Gasteiger charge is -2.14. The first kappa shape index (κ1) is 21.8. The molecule has 0 aliphatic heterocycles. The van der Waals surface area contributed by atoms with Gasteiger partial charge in [0.2, 0.25) is 11.9 Å². The number of hydrogen-bond donors (Lipinski definition) is 3. The Bertz CT molecular complexity index is 1030. The highest BCUT2D eigenvalue weighted by Gasteiger charge is 2.33. The van der Waals surface area contributed by atoms with Crippen LogP contribution in [0.5, 0.6) is 0 Å². The molecule has 3 N–H and O–H groups in total. The number of alkyl halides is 6. The lowest BCUT2D eigenvalue weighted by molar-refractivity contribution is -0.138. The van der Waals surface area contributed by atoms with Gasteiger partial charge in [-0.25, -0.2) is 5.10 Å². The first-order valence-corrected chi connectivity index (χ1v) is 8.57. The number of rotatable bonds is 5. The van der Waals surface area contributed by atoms with Crippen molar-refractivity contribution in [3.63, 3.8) is 0 Å². The summed E-state index contributed by atoms with van der Waals surface area (Å²) >= 11 is 5.76. The third kappa shape index (κ3) is 5.18. The Kier molecular flexibility index (Phi) is 5.88. The van der Waals surface area contributed by atoms with Gasteiger partial charge in [0.25, 0.3) is 0 Å². The minimum Gasteiger partial charge on any atom is -0.349 e. The molecule has 1 aromatic heterocycles. The van der Waals surface area contributed by atoms with Gasteiger partial charge in [0.05, 0.1) is 11.1 Å². The Hall–Kier alpha value is -2.89. The van der Waals surface area contributed by atoms with Crippen molar-refractivity contribution in [2.24, 2.45) is 0 Å². The van der Waals surface area contributed by atoms with Crippen molar-refractivity contribution in [2.75, 3.05) is 10.6 Å². The highest BCUT2D eigenvalue weighted by atomic mass is 35.5. The van der Waals surface area contributed by atoms with Gasteiger partial charge in [-0.2, -0.15) is 31.3 Å². The Labute approximate surface area is 172 Å². The second kappa shape index (κ2) is 8.09. The highest BCUT2D eigenvalue weighted by molar-refractivity contribution is 6.46. The van der Waals surface area contributed by atoms with E-state index in [2.05, 4.69) is 25.8 Å². The molecule has 2 aromatic carbocycles. The zero-order chi connectivity index (χ0) is 22.1. The number of hydrogen-bond acceptors (Lipinski definition) is 4. The fourth-order valence-electron chi connectivity index (χ4n) is 2.45. The van der Waals surface area contributed by atoms with Crippen LogP contribution in [0.4, 0.5) is 43.9 Å². The van der Waals surface area contributed by atoms with E-state index in [0.717, 1.165) is 18.2 Å². The molecule has 0 aliphatic carbocycles. The zero-order valence-electron chi connectivity index (χ0n) is 14.8. The summed E-state index contributed by atoms with van der Waals surface area (Å²) in [6.07, 6.45) is -9.12. The fourth-order valence-corrected chi connectivity index (χ4v) is 2.67. The van der Waals surface area contributed by atoms with Gasteiger partial charge in [0.15, 0.2) is 0 Å². The summed E-state index contributed by atoms with van der Waals surface area (Å²) < 4.78 is 76.8. The van der Waals surface area contributed by atoms with Crippen molar-refractivity contribution in [1.82, 2.24) is 15.2 Å². The number of aromatic nitrogens is 3. The molecule has 0 bridgehead atoms. The molecule has 5 nitrogen and oxygen atoms in total. The van der Waals surface area contributed by atoms with Crippen LogP contribution in [0.15, 0.2) is 36.4 Å². The van der Waals surface area contributed by atoms with Crippen molar-refractivity contribution in [3.05, 3.63) is 58.1 Å². The fraction of sp³-hybridized carbons (Fsp3) is 0.176. The molecule has 2 radical (unpaired) electrons. The van der Waals surface area contributed by atoms with Gasteiger partial charge in [-0.3, -0.25) is 0 Å². The Morgan fingerprint density at radius 3 is 2.27 bits per heavy atom. The van der Waals surface area contributed by atoms with Gasteiger partial charge in [-0.05, 0) is 29.8 Å². The molecule has 156 valence electrons. The van der Waals surface area contributed by atoms with E-state index in [1.807, 2.05) is 0 Å². The Morgan fingerprint density at radius 1 is 1.00 bits per heavy atom. The molecule has 0 saturated carbocycles. The minimum atomic E-state index is -4.69. The summed E-state index contributed by atoms with van der Waals surface area (Å²) in [5.41, 5.74) is -1.94. The third-order valence-corrected chi connectivity index (χ3v) is 4.23. The smallest absolute Gasteiger partial charge is 0.349 e. The molecule has 0 atom stereocenters. The van der Waals surface area contributed by atoms with E-state index in [1.54, 1.807) is 0 Å². The number of nitrogens with one attached hydrogen (secondary N) is 3. The van der Waals surface area contributed by atoms with E-state index >= 15 is 0 Å². The van der Waals surface area contributed by atoms with E-state index in [1.165, 1.54) is 18.2 Å². The van der Waals surface area contributed by atoms with Crippen molar-refractivity contribution < 1.29 is 26.3 Å². The second-order valence-electron chi connectivity index (χ2n) is 6.10. The van der Waals surface area contributed by atoms with Crippen LogP contribution in [0.2, 0.25) is 5.02 Å². The second-order valence-corrected chi connectivity index (χ2v) is 6.51. The molecule has 3 aromatic rings. The van der Waals surface area contributed by atoms with Crippen molar-refractivity contribution in [3.8, 4) is 0 Å². The topological polar surface area (TPSA) is 65.6 Å². The third-order valence-electron chi connectivity index (χ3n) is 3.91. The number of anilines is 3. The van der Waals surface area contributed by atoms with E-state index < -0.39 is 28.9 Å². The summed E-state index contributed by atoms with van der Waals surface area (Å²) in [7, 11) is 5.38. The van der Waals surface area contributed by atoms with Gasteiger partial charge < -0.3 is 10.6 Å². The van der Waals surface area contributed by atoms with Crippen molar-refractivity contribution in [2.45, 2.75) is 18.9 Å². The molecule has 0 aliphatic rings. The molecule has 0 amide bonds. The van der Waals surface area contributed by atoms with E-state index in [9.17, 15) is 26.3 Å². The van der Waals surface area contributed by atoms with Crippen LogP contribution < -0.4 is 16.1 Å². The van der Waals surface area contributed by atoms with Gasteiger partial charge in [-0.1, -0.05) is 29.2 Å². The normalized spacial score (nSPS) is 12.1. The summed E-state index contributed by atoms with van der Waals surface area (Å²) in [5, 5.41) is 11.4. The Balaban J connectivity index is 1.67. The van der Waals surface area contributed by atoms with Gasteiger partial charge in [0.1, 0.15) is 7.85 Å². The molecule has 0 spiro atoms. The average molecular weight is 446 g/mol. The number of aromatic amines is 1. The van der Waals surface area contributed by atoms with Crippen molar-refractivity contribution in [1.29, 1.82) is 0 Å². The van der Waals surface area contributed by atoms with Crippen LogP contribution in [-0.4, -0.2) is 23.0 Å². The first-order valence-electron chi connectivity index (χ1n) is 8.19. The van der Waals surface area contributed by atoms with Crippen LogP contribution in [0.3, 0.4) is 0 Å². The minimum absolute atomic E-state index is 0.0129. The van der Waals surface area contributed by atoms with Gasteiger partial charge in [0, 0.05) is 17.3 Å². The van der Waals surface area contributed by atoms with Gasteiger partial charge >= 0.3 is 12.4 Å². The predicted octanol–water partition coefficient (Wildman–Crippen LogP) is 4.65. The summed E-state index contributed by atoms with van der Waals surface area (Å²) in [6.45, 7) is 0.126. The zero-order valence-corrected chi connectivity index (χ0v) is 15.5. The first-order chi connectivity index (χ1) is 13.9. The summed E-state index contributed by atoms with van der Waals surface area (Å²) in [6, 6.07) is 6.48. The summed E-state index contributed by atoms with van der Waals surface area (Å²) in [5.74, 6) is 0.0915. The maximum atomic E-state index is 13.0. The standard InChI is InChI=1S/C17H11BClF6N5/c18-13-11(17(23,24)25)5-10(6-12(13)19)27-15-28-14(29-30-15)26-7-8-1-3-9(4-2-8)16(20,21)22/h1-6H,7H2,(H3,26,27,28,29,30). The maximum absolute atomic E-state index is 13.0. The van der Waals surface area contributed by atoms with E-state index in [-0.39, 0.29) is 29.2 Å². The largest absolute Gasteiger partial charge is 0.416 e. The van der Waals surface area contributed by atoms with Crippen LogP contribution in [0, 0.1) is 0 Å². The van der Waals surface area contributed by atoms with Crippen LogP contribution >= 0.6 is 11.6 Å². The number of nitrogens with zero attached hydrogens (tertiary/aromatic N) is 2. The molecular weight excluding hydrogens is 434 g/mol. The van der Waals surface area contributed by atoms with Crippen LogP contribution in [0.1, 0.15) is 16.7 Å². The monoisotopic (exact) mass is 445 g/mol. The SMILES string of the molecule is [B]c1c(Cl)cc(Nc2nc(NCc3ccc(C(F)(F)F)cc3)n[nH]2)cc1C(F)(F)F. The molecule has 0 saturated heterocycles. The highest BCUT2D eigenvalue weighted by Crippen LogP contribution is 2.32. The van der Waals surface area contributed by atoms with Gasteiger partial charge in [-0.15, -0.1) is 5.10 Å². The summed E-state index contributed by atoms with van der Waals surface area (Å²) in [4.78, 5) is 4.00. The molecule has 1 heterocycles. The average Bonchev–Trinajstić information content (AvgIpc) is 3.09. The molecular formula is C17H11BClF6N5. The quantitative estimate of drug-likeness (QED) is 0.395. The lowest BCUT2D eigenvalue weighted by Crippen LogP contribution is -2.21. The molecule has 3 rings (SSSR count). The Morgan fingerprint density at radius 2 is 1.67 bits per heavy atom. The maximum Gasteiger partial charge on any atom is 0.416 e. The molecule has 30 heavy (non-hydrogen) atoms. The van der Waals surface area contributed by atoms with E-state index in [4.69, 9.17) is 19.4 Å². The predicted molar refractivity (Wildman–Crippen MR) is 100 cm³/mol.